The van der Waals surface area contributed by atoms with E-state index in [4.69, 9.17) is 4.98 Å². The van der Waals surface area contributed by atoms with Crippen LogP contribution in [0.4, 0.5) is 5.13 Å². The highest BCUT2D eigenvalue weighted by molar-refractivity contribution is 7.19. The minimum atomic E-state index is 1.00. The van der Waals surface area contributed by atoms with Crippen LogP contribution in [0.5, 0.6) is 0 Å². The van der Waals surface area contributed by atoms with Crippen LogP contribution < -0.4 is 5.32 Å². The van der Waals surface area contributed by atoms with E-state index < -0.39 is 0 Å². The molecule has 0 saturated heterocycles. The fraction of sp³-hybridized carbons (Fsp3) is 0.400. The molecule has 0 radical (unpaired) electrons. The molecule has 1 N–H and O–H groups in total. The second kappa shape index (κ2) is 11.7. The van der Waals surface area contributed by atoms with E-state index in [2.05, 4.69) is 72.9 Å². The van der Waals surface area contributed by atoms with E-state index in [1.807, 2.05) is 0 Å². The van der Waals surface area contributed by atoms with E-state index in [1.165, 1.54) is 67.4 Å². The van der Waals surface area contributed by atoms with Gasteiger partial charge in [-0.25, -0.2) is 4.98 Å². The van der Waals surface area contributed by atoms with Crippen molar-refractivity contribution in [1.29, 1.82) is 0 Å². The summed E-state index contributed by atoms with van der Waals surface area (Å²) in [6, 6.07) is 21.1. The summed E-state index contributed by atoms with van der Waals surface area (Å²) in [6.45, 7) is 3.28. The van der Waals surface area contributed by atoms with Crippen molar-refractivity contribution < 1.29 is 0 Å². The van der Waals surface area contributed by atoms with Crippen molar-refractivity contribution in [2.75, 3.05) is 11.9 Å². The van der Waals surface area contributed by atoms with Crippen LogP contribution in [0.2, 0.25) is 0 Å². The summed E-state index contributed by atoms with van der Waals surface area (Å²) in [5, 5.41) is 4.59. The van der Waals surface area contributed by atoms with E-state index in [9.17, 15) is 0 Å². The summed E-state index contributed by atoms with van der Waals surface area (Å²) < 4.78 is 0. The van der Waals surface area contributed by atoms with Gasteiger partial charge in [-0.05, 0) is 12.0 Å². The molecule has 2 aromatic carbocycles. The zero-order valence-electron chi connectivity index (χ0n) is 17.0. The molecule has 0 fully saturated rings. The quantitative estimate of drug-likeness (QED) is 0.315. The standard InChI is InChI=1S/C25H32N2S/c1-2-3-4-5-6-7-8-15-20-26-25-27-23(21-16-11-9-12-17-21)24(28-25)22-18-13-10-14-19-22/h9-14,16-19H,2-8,15,20H2,1H3,(H,26,27). The van der Waals surface area contributed by atoms with Crippen LogP contribution in [-0.2, 0) is 0 Å². The topological polar surface area (TPSA) is 24.9 Å². The van der Waals surface area contributed by atoms with Crippen molar-refractivity contribution in [3.05, 3.63) is 60.7 Å². The molecule has 0 spiro atoms. The van der Waals surface area contributed by atoms with E-state index in [0.717, 1.165) is 17.4 Å². The normalized spacial score (nSPS) is 10.9. The second-order valence-electron chi connectivity index (χ2n) is 7.33. The van der Waals surface area contributed by atoms with Crippen molar-refractivity contribution in [3.63, 3.8) is 0 Å². The third-order valence-electron chi connectivity index (χ3n) is 5.02. The van der Waals surface area contributed by atoms with Gasteiger partial charge >= 0.3 is 0 Å². The van der Waals surface area contributed by atoms with Crippen LogP contribution in [0.1, 0.15) is 58.3 Å². The maximum atomic E-state index is 4.93. The van der Waals surface area contributed by atoms with Gasteiger partial charge in [0, 0.05) is 12.1 Å². The molecule has 1 aromatic heterocycles. The maximum Gasteiger partial charge on any atom is 0.183 e. The van der Waals surface area contributed by atoms with E-state index in [-0.39, 0.29) is 0 Å². The lowest BCUT2D eigenvalue weighted by atomic mass is 10.1. The smallest absolute Gasteiger partial charge is 0.183 e. The highest BCUT2D eigenvalue weighted by atomic mass is 32.1. The molecule has 0 bridgehead atoms. The molecule has 3 aromatic rings. The number of thiazole rings is 1. The van der Waals surface area contributed by atoms with Gasteiger partial charge in [0.1, 0.15) is 0 Å². The Bertz CT molecular complexity index is 739. The van der Waals surface area contributed by atoms with Crippen LogP contribution >= 0.6 is 11.3 Å². The SMILES string of the molecule is CCCCCCCCCCNc1nc(-c2ccccc2)c(-c2ccccc2)s1. The number of anilines is 1. The van der Waals surface area contributed by atoms with E-state index in [1.54, 1.807) is 11.3 Å². The van der Waals surface area contributed by atoms with Crippen molar-refractivity contribution in [3.8, 4) is 21.7 Å². The third kappa shape index (κ3) is 6.20. The Kier molecular flexibility index (Phi) is 8.57. The summed E-state index contributed by atoms with van der Waals surface area (Å²) >= 11 is 1.76. The van der Waals surface area contributed by atoms with Crippen molar-refractivity contribution in [1.82, 2.24) is 4.98 Å². The zero-order chi connectivity index (χ0) is 19.4. The molecule has 0 aliphatic carbocycles. The first kappa shape index (κ1) is 20.6. The molecule has 0 saturated carbocycles. The van der Waals surface area contributed by atoms with Crippen LogP contribution in [0, 0.1) is 0 Å². The Balaban J connectivity index is 1.56. The molecular weight excluding hydrogens is 360 g/mol. The van der Waals surface area contributed by atoms with Gasteiger partial charge in [0.15, 0.2) is 5.13 Å². The number of unbranched alkanes of at least 4 members (excludes halogenated alkanes) is 7. The first-order chi connectivity index (χ1) is 13.9. The summed E-state index contributed by atoms with van der Waals surface area (Å²) in [5.41, 5.74) is 3.49. The predicted molar refractivity (Wildman–Crippen MR) is 124 cm³/mol. The summed E-state index contributed by atoms with van der Waals surface area (Å²) in [6.07, 6.45) is 10.8. The predicted octanol–water partition coefficient (Wildman–Crippen LogP) is 8.03. The minimum Gasteiger partial charge on any atom is -0.361 e. The molecule has 3 rings (SSSR count). The second-order valence-corrected chi connectivity index (χ2v) is 8.33. The Morgan fingerprint density at radius 1 is 0.714 bits per heavy atom. The molecular formula is C25H32N2S. The lowest BCUT2D eigenvalue weighted by Gasteiger charge is -2.03. The van der Waals surface area contributed by atoms with Gasteiger partial charge < -0.3 is 5.32 Å². The van der Waals surface area contributed by atoms with Gasteiger partial charge in [0.25, 0.3) is 0 Å². The average molecular weight is 393 g/mol. The third-order valence-corrected chi connectivity index (χ3v) is 6.08. The number of rotatable bonds is 12. The number of hydrogen-bond acceptors (Lipinski definition) is 3. The first-order valence-electron chi connectivity index (χ1n) is 10.7. The van der Waals surface area contributed by atoms with Crippen LogP contribution in [0.25, 0.3) is 21.7 Å². The first-order valence-corrected chi connectivity index (χ1v) is 11.6. The number of aromatic nitrogens is 1. The van der Waals surface area contributed by atoms with Gasteiger partial charge in [0.05, 0.1) is 10.6 Å². The summed E-state index contributed by atoms with van der Waals surface area (Å²) in [4.78, 5) is 6.17. The number of nitrogens with zero attached hydrogens (tertiary/aromatic N) is 1. The highest BCUT2D eigenvalue weighted by Crippen LogP contribution is 2.38. The average Bonchev–Trinajstić information content (AvgIpc) is 3.18. The van der Waals surface area contributed by atoms with E-state index >= 15 is 0 Å². The Labute approximate surface area is 174 Å². The van der Waals surface area contributed by atoms with Crippen LogP contribution in [0.3, 0.4) is 0 Å². The molecule has 28 heavy (non-hydrogen) atoms. The van der Waals surface area contributed by atoms with Gasteiger partial charge in [0.2, 0.25) is 0 Å². The number of hydrogen-bond donors (Lipinski definition) is 1. The van der Waals surface area contributed by atoms with E-state index in [0.29, 0.717) is 0 Å². The Hall–Kier alpha value is -2.13. The summed E-state index contributed by atoms with van der Waals surface area (Å²) in [7, 11) is 0. The van der Waals surface area contributed by atoms with Gasteiger partial charge in [-0.3, -0.25) is 0 Å². The van der Waals surface area contributed by atoms with Crippen molar-refractivity contribution >= 4 is 16.5 Å². The summed E-state index contributed by atoms with van der Waals surface area (Å²) in [5.74, 6) is 0. The lowest BCUT2D eigenvalue weighted by Crippen LogP contribution is -2.00. The molecule has 2 nitrogen and oxygen atoms in total. The zero-order valence-corrected chi connectivity index (χ0v) is 17.8. The highest BCUT2D eigenvalue weighted by Gasteiger charge is 2.14. The molecule has 0 atom stereocenters. The van der Waals surface area contributed by atoms with Crippen molar-refractivity contribution in [2.24, 2.45) is 0 Å². The van der Waals surface area contributed by atoms with Crippen LogP contribution in [0.15, 0.2) is 60.7 Å². The molecule has 0 aliphatic heterocycles. The largest absolute Gasteiger partial charge is 0.361 e. The molecule has 1 heterocycles. The minimum absolute atomic E-state index is 1.00. The number of benzene rings is 2. The molecule has 0 unspecified atom stereocenters. The molecule has 0 aliphatic rings. The van der Waals surface area contributed by atoms with Gasteiger partial charge in [-0.1, -0.05) is 124 Å². The fourth-order valence-corrected chi connectivity index (χ4v) is 4.45. The molecule has 3 heteroatoms. The molecule has 0 amide bonds. The Morgan fingerprint density at radius 3 is 1.93 bits per heavy atom. The monoisotopic (exact) mass is 392 g/mol. The van der Waals surface area contributed by atoms with Crippen molar-refractivity contribution in [2.45, 2.75) is 58.3 Å². The fourth-order valence-electron chi connectivity index (χ4n) is 3.43. The maximum absolute atomic E-state index is 4.93. The number of nitrogens with one attached hydrogen (secondary N) is 1. The van der Waals surface area contributed by atoms with Gasteiger partial charge in [-0.2, -0.15) is 0 Å². The molecule has 148 valence electrons. The van der Waals surface area contributed by atoms with Crippen LogP contribution in [-0.4, -0.2) is 11.5 Å². The van der Waals surface area contributed by atoms with Gasteiger partial charge in [-0.15, -0.1) is 0 Å². The lowest BCUT2D eigenvalue weighted by molar-refractivity contribution is 0.581. The Morgan fingerprint density at radius 2 is 1.29 bits per heavy atom.